The highest BCUT2D eigenvalue weighted by atomic mass is 16.5. The zero-order valence-corrected chi connectivity index (χ0v) is 20.7. The first-order valence-corrected chi connectivity index (χ1v) is 12.4. The van der Waals surface area contributed by atoms with Crippen molar-refractivity contribution < 1.29 is 29.2 Å². The number of methoxy groups -OCH3 is 1. The van der Waals surface area contributed by atoms with Gasteiger partial charge in [0.15, 0.2) is 0 Å². The minimum Gasteiger partial charge on any atom is -0.497 e. The Bertz CT molecular complexity index is 932. The van der Waals surface area contributed by atoms with Crippen LogP contribution in [0.15, 0.2) is 36.4 Å². The van der Waals surface area contributed by atoms with Crippen molar-refractivity contribution in [3.8, 4) is 17.2 Å². The van der Waals surface area contributed by atoms with Crippen LogP contribution in [0.3, 0.4) is 0 Å². The van der Waals surface area contributed by atoms with E-state index in [1.807, 2.05) is 18.2 Å². The number of carbonyl (C=O) groups is 1. The van der Waals surface area contributed by atoms with Crippen LogP contribution >= 0.6 is 0 Å². The molecule has 0 aromatic heterocycles. The summed E-state index contributed by atoms with van der Waals surface area (Å²) in [5, 5.41) is 25.9. The van der Waals surface area contributed by atoms with Gasteiger partial charge in [-0.25, -0.2) is 0 Å². The Balaban J connectivity index is 1.43. The van der Waals surface area contributed by atoms with E-state index >= 15 is 0 Å². The molecule has 0 aliphatic carbocycles. The Labute approximate surface area is 207 Å². The standard InChI is InChI=1S/C27H38N2O6/c1-19(30)5-4-16-34-25-13-12-24(23-11-14-26(32)29-27(23)25)35-18-21(31)17-28-15-3-6-20-7-9-22(33-2)10-8-20/h7-10,12-13,19,21,28,30-31H,3-6,11,14-18H2,1-2H3,(H,29,32). The van der Waals surface area contributed by atoms with E-state index in [4.69, 9.17) is 14.2 Å². The van der Waals surface area contributed by atoms with Gasteiger partial charge in [-0.05, 0) is 75.4 Å². The Morgan fingerprint density at radius 3 is 2.54 bits per heavy atom. The number of benzene rings is 2. The molecule has 0 saturated carbocycles. The number of aryl methyl sites for hydroxylation is 1. The van der Waals surface area contributed by atoms with Crippen LogP contribution in [0.5, 0.6) is 17.2 Å². The van der Waals surface area contributed by atoms with Gasteiger partial charge in [0.1, 0.15) is 30.0 Å². The molecule has 0 fully saturated rings. The maximum atomic E-state index is 12.0. The molecule has 0 radical (unpaired) electrons. The number of aliphatic hydroxyl groups excluding tert-OH is 2. The van der Waals surface area contributed by atoms with Gasteiger partial charge < -0.3 is 35.1 Å². The molecule has 8 nitrogen and oxygen atoms in total. The number of hydrogen-bond acceptors (Lipinski definition) is 7. The maximum Gasteiger partial charge on any atom is 0.224 e. The van der Waals surface area contributed by atoms with Crippen molar-refractivity contribution >= 4 is 11.6 Å². The average Bonchev–Trinajstić information content (AvgIpc) is 2.85. The third-order valence-electron chi connectivity index (χ3n) is 5.91. The van der Waals surface area contributed by atoms with E-state index in [0.29, 0.717) is 49.6 Å². The lowest BCUT2D eigenvalue weighted by Crippen LogP contribution is -2.32. The molecular formula is C27H38N2O6. The number of aliphatic hydroxyl groups is 2. The molecule has 1 aliphatic heterocycles. The van der Waals surface area contributed by atoms with Crippen molar-refractivity contribution in [1.29, 1.82) is 0 Å². The van der Waals surface area contributed by atoms with Gasteiger partial charge in [0.05, 0.1) is 25.5 Å². The van der Waals surface area contributed by atoms with E-state index in [9.17, 15) is 15.0 Å². The van der Waals surface area contributed by atoms with Gasteiger partial charge in [0.2, 0.25) is 5.91 Å². The highest BCUT2D eigenvalue weighted by Gasteiger charge is 2.23. The molecule has 2 atom stereocenters. The van der Waals surface area contributed by atoms with Crippen LogP contribution in [0.1, 0.15) is 43.7 Å². The largest absolute Gasteiger partial charge is 0.497 e. The normalized spacial score (nSPS) is 14.6. The number of rotatable bonds is 15. The van der Waals surface area contributed by atoms with Crippen molar-refractivity contribution in [2.45, 2.75) is 57.7 Å². The summed E-state index contributed by atoms with van der Waals surface area (Å²) in [6, 6.07) is 11.7. The van der Waals surface area contributed by atoms with Gasteiger partial charge in [-0.1, -0.05) is 12.1 Å². The van der Waals surface area contributed by atoms with E-state index in [2.05, 4.69) is 22.8 Å². The van der Waals surface area contributed by atoms with E-state index in [1.54, 1.807) is 20.1 Å². The SMILES string of the molecule is COc1ccc(CCCNCC(O)COc2ccc(OCCCC(C)O)c3c2CCC(=O)N3)cc1. The lowest BCUT2D eigenvalue weighted by atomic mass is 10.0. The summed E-state index contributed by atoms with van der Waals surface area (Å²) in [4.78, 5) is 12.0. The lowest BCUT2D eigenvalue weighted by Gasteiger charge is -2.24. The number of ether oxygens (including phenoxy) is 3. The molecule has 192 valence electrons. The minimum absolute atomic E-state index is 0.0534. The van der Waals surface area contributed by atoms with Crippen LogP contribution in [0, 0.1) is 0 Å². The van der Waals surface area contributed by atoms with Crippen molar-refractivity contribution in [2.75, 3.05) is 38.7 Å². The fourth-order valence-electron chi connectivity index (χ4n) is 3.97. The molecular weight excluding hydrogens is 448 g/mol. The predicted molar refractivity (Wildman–Crippen MR) is 135 cm³/mol. The molecule has 2 aromatic rings. The fourth-order valence-corrected chi connectivity index (χ4v) is 3.97. The first kappa shape index (κ1) is 26.8. The second-order valence-electron chi connectivity index (χ2n) is 8.92. The smallest absolute Gasteiger partial charge is 0.224 e. The lowest BCUT2D eigenvalue weighted by molar-refractivity contribution is -0.116. The van der Waals surface area contributed by atoms with Gasteiger partial charge in [-0.15, -0.1) is 0 Å². The summed E-state index contributed by atoms with van der Waals surface area (Å²) in [5.74, 6) is 2.05. The van der Waals surface area contributed by atoms with Gasteiger partial charge in [-0.3, -0.25) is 4.79 Å². The Morgan fingerprint density at radius 1 is 1.03 bits per heavy atom. The number of nitrogens with one attached hydrogen (secondary N) is 2. The highest BCUT2D eigenvalue weighted by molar-refractivity contribution is 5.96. The number of hydrogen-bond donors (Lipinski definition) is 4. The first-order chi connectivity index (χ1) is 17.0. The van der Waals surface area contributed by atoms with Crippen molar-refractivity contribution in [3.05, 3.63) is 47.5 Å². The van der Waals surface area contributed by atoms with Crippen LogP contribution in [-0.2, 0) is 17.6 Å². The summed E-state index contributed by atoms with van der Waals surface area (Å²) in [5.41, 5.74) is 2.78. The van der Waals surface area contributed by atoms with Crippen LogP contribution in [0.4, 0.5) is 5.69 Å². The van der Waals surface area contributed by atoms with Crippen molar-refractivity contribution in [3.63, 3.8) is 0 Å². The van der Waals surface area contributed by atoms with Crippen molar-refractivity contribution in [2.24, 2.45) is 0 Å². The molecule has 1 amide bonds. The summed E-state index contributed by atoms with van der Waals surface area (Å²) < 4.78 is 17.0. The summed E-state index contributed by atoms with van der Waals surface area (Å²) in [7, 11) is 1.66. The third kappa shape index (κ3) is 8.72. The minimum atomic E-state index is -0.652. The Morgan fingerprint density at radius 2 is 1.80 bits per heavy atom. The average molecular weight is 487 g/mol. The zero-order valence-electron chi connectivity index (χ0n) is 20.7. The van der Waals surface area contributed by atoms with Crippen LogP contribution in [-0.4, -0.2) is 61.7 Å². The molecule has 2 unspecified atom stereocenters. The molecule has 0 bridgehead atoms. The molecule has 1 heterocycles. The van der Waals surface area contributed by atoms with Crippen LogP contribution in [0.25, 0.3) is 0 Å². The second-order valence-corrected chi connectivity index (χ2v) is 8.92. The summed E-state index contributed by atoms with van der Waals surface area (Å²) in [6.45, 7) is 3.59. The number of fused-ring (bicyclic) bond motifs is 1. The van der Waals surface area contributed by atoms with Gasteiger partial charge >= 0.3 is 0 Å². The van der Waals surface area contributed by atoms with Crippen LogP contribution < -0.4 is 24.8 Å². The van der Waals surface area contributed by atoms with E-state index in [0.717, 1.165) is 37.1 Å². The summed E-state index contributed by atoms with van der Waals surface area (Å²) >= 11 is 0. The zero-order chi connectivity index (χ0) is 25.0. The monoisotopic (exact) mass is 486 g/mol. The fraction of sp³-hybridized carbons (Fsp3) is 0.519. The number of carbonyl (C=O) groups excluding carboxylic acids is 1. The molecule has 0 saturated heterocycles. The highest BCUT2D eigenvalue weighted by Crippen LogP contribution is 2.39. The summed E-state index contributed by atoms with van der Waals surface area (Å²) in [6.07, 6.45) is 3.22. The maximum absolute atomic E-state index is 12.0. The topological polar surface area (TPSA) is 109 Å². The first-order valence-electron chi connectivity index (χ1n) is 12.4. The van der Waals surface area contributed by atoms with E-state index < -0.39 is 6.10 Å². The van der Waals surface area contributed by atoms with Crippen molar-refractivity contribution in [1.82, 2.24) is 5.32 Å². The molecule has 2 aromatic carbocycles. The molecule has 8 heteroatoms. The quantitative estimate of drug-likeness (QED) is 0.287. The predicted octanol–water partition coefficient (Wildman–Crippen LogP) is 3.08. The molecule has 4 N–H and O–H groups in total. The van der Waals surface area contributed by atoms with Gasteiger partial charge in [0, 0.05) is 18.5 Å². The third-order valence-corrected chi connectivity index (χ3v) is 5.91. The van der Waals surface area contributed by atoms with Gasteiger partial charge in [-0.2, -0.15) is 0 Å². The Hall–Kier alpha value is -2.81. The number of anilines is 1. The van der Waals surface area contributed by atoms with E-state index in [-0.39, 0.29) is 18.6 Å². The van der Waals surface area contributed by atoms with Gasteiger partial charge in [0.25, 0.3) is 0 Å². The van der Waals surface area contributed by atoms with E-state index in [1.165, 1.54) is 5.56 Å². The molecule has 35 heavy (non-hydrogen) atoms. The molecule has 3 rings (SSSR count). The second kappa shape index (κ2) is 13.9. The van der Waals surface area contributed by atoms with Crippen LogP contribution in [0.2, 0.25) is 0 Å². The Kier molecular flexibility index (Phi) is 10.7. The molecule has 1 aliphatic rings. The number of amides is 1. The molecule has 0 spiro atoms.